The molecule has 1 unspecified atom stereocenters. The molecule has 20 heavy (non-hydrogen) atoms. The van der Waals surface area contributed by atoms with Gasteiger partial charge in [0, 0.05) is 13.0 Å². The van der Waals surface area contributed by atoms with Gasteiger partial charge in [0.05, 0.1) is 15.6 Å². The van der Waals surface area contributed by atoms with Crippen LogP contribution in [0.15, 0.2) is 0 Å². The molecule has 1 aliphatic rings. The fourth-order valence-electron chi connectivity index (χ4n) is 2.18. The van der Waals surface area contributed by atoms with E-state index in [-0.39, 0.29) is 6.54 Å². The van der Waals surface area contributed by atoms with E-state index in [0.29, 0.717) is 17.0 Å². The first-order chi connectivity index (χ1) is 9.19. The number of aryl methyl sites for hydroxylation is 1. The van der Waals surface area contributed by atoms with Gasteiger partial charge in [-0.05, 0) is 27.7 Å². The molecule has 4 nitrogen and oxygen atoms in total. The molecule has 0 aliphatic carbocycles. The van der Waals surface area contributed by atoms with Gasteiger partial charge in [0.25, 0.3) is 6.43 Å². The van der Waals surface area contributed by atoms with E-state index < -0.39 is 24.2 Å². The molecule has 2 heterocycles. The largest absolute Gasteiger partial charge is 0.444 e. The Hall–Kier alpha value is -1.24. The number of hydrogen-bond acceptors (Lipinski definition) is 4. The number of ether oxygens (including phenoxy) is 1. The zero-order valence-electron chi connectivity index (χ0n) is 11.9. The predicted molar refractivity (Wildman–Crippen MR) is 72.2 cm³/mol. The van der Waals surface area contributed by atoms with Gasteiger partial charge in [0.15, 0.2) is 0 Å². The average molecular weight is 304 g/mol. The number of nitrogens with zero attached hydrogens (tertiary/aromatic N) is 2. The third kappa shape index (κ3) is 3.08. The lowest BCUT2D eigenvalue weighted by Gasteiger charge is -2.35. The molecular weight excluding hydrogens is 286 g/mol. The van der Waals surface area contributed by atoms with Crippen LogP contribution in [0.4, 0.5) is 13.6 Å². The summed E-state index contributed by atoms with van der Waals surface area (Å²) in [5.41, 5.74) is -0.0224. The zero-order valence-corrected chi connectivity index (χ0v) is 12.8. The first kappa shape index (κ1) is 15.2. The van der Waals surface area contributed by atoms with Gasteiger partial charge in [-0.25, -0.2) is 18.6 Å². The first-order valence-corrected chi connectivity index (χ1v) is 7.24. The molecule has 1 amide bonds. The highest BCUT2D eigenvalue weighted by atomic mass is 32.1. The van der Waals surface area contributed by atoms with Gasteiger partial charge in [-0.2, -0.15) is 0 Å². The second kappa shape index (κ2) is 5.27. The van der Waals surface area contributed by atoms with Crippen LogP contribution in [0, 0.1) is 6.92 Å². The van der Waals surface area contributed by atoms with Gasteiger partial charge in [0.1, 0.15) is 11.6 Å². The Bertz CT molecular complexity index is 511. The van der Waals surface area contributed by atoms with Crippen LogP contribution in [0.2, 0.25) is 0 Å². The summed E-state index contributed by atoms with van der Waals surface area (Å²) in [6.45, 7) is 7.14. The summed E-state index contributed by atoms with van der Waals surface area (Å²) >= 11 is 1.23. The number of halogens is 2. The Morgan fingerprint density at radius 2 is 2.15 bits per heavy atom. The summed E-state index contributed by atoms with van der Waals surface area (Å²) in [4.78, 5) is 18.0. The van der Waals surface area contributed by atoms with Crippen LogP contribution >= 0.6 is 11.3 Å². The minimum atomic E-state index is -2.65. The van der Waals surface area contributed by atoms with Gasteiger partial charge >= 0.3 is 6.09 Å². The maximum atomic E-state index is 13.4. The Labute approximate surface area is 120 Å². The second-order valence-corrected chi connectivity index (χ2v) is 6.98. The maximum Gasteiger partial charge on any atom is 0.411 e. The Balaban J connectivity index is 2.29. The van der Waals surface area contributed by atoms with Crippen molar-refractivity contribution in [2.75, 3.05) is 6.54 Å². The fourth-order valence-corrected chi connectivity index (χ4v) is 3.27. The van der Waals surface area contributed by atoms with Crippen LogP contribution < -0.4 is 0 Å². The van der Waals surface area contributed by atoms with E-state index in [4.69, 9.17) is 4.74 Å². The highest BCUT2D eigenvalue weighted by molar-refractivity contribution is 7.11. The fraction of sp³-hybridized carbons (Fsp3) is 0.692. The molecule has 1 atom stereocenters. The topological polar surface area (TPSA) is 42.4 Å². The van der Waals surface area contributed by atoms with Crippen molar-refractivity contribution in [2.24, 2.45) is 0 Å². The molecule has 112 valence electrons. The normalized spacial score (nSPS) is 19.1. The van der Waals surface area contributed by atoms with Crippen LogP contribution in [0.1, 0.15) is 42.4 Å². The van der Waals surface area contributed by atoms with Gasteiger partial charge in [0.2, 0.25) is 0 Å². The lowest BCUT2D eigenvalue weighted by molar-refractivity contribution is -0.0180. The highest BCUT2D eigenvalue weighted by Gasteiger charge is 2.40. The Kier molecular flexibility index (Phi) is 4.00. The van der Waals surface area contributed by atoms with Crippen molar-refractivity contribution < 1.29 is 18.3 Å². The third-order valence-electron chi connectivity index (χ3n) is 2.90. The number of thiazole rings is 1. The van der Waals surface area contributed by atoms with Gasteiger partial charge < -0.3 is 4.74 Å². The number of carbonyl (C=O) groups is 1. The molecule has 0 saturated carbocycles. The molecule has 0 N–H and O–H groups in total. The summed E-state index contributed by atoms with van der Waals surface area (Å²) in [6, 6.07) is -1.25. The van der Waals surface area contributed by atoms with Crippen molar-refractivity contribution in [3.05, 3.63) is 15.6 Å². The summed E-state index contributed by atoms with van der Waals surface area (Å²) in [5.74, 6) is 0. The molecule has 7 heteroatoms. The molecule has 0 spiro atoms. The van der Waals surface area contributed by atoms with E-state index >= 15 is 0 Å². The highest BCUT2D eigenvalue weighted by Crippen LogP contribution is 2.38. The van der Waals surface area contributed by atoms with Crippen molar-refractivity contribution in [1.82, 2.24) is 9.88 Å². The van der Waals surface area contributed by atoms with E-state index in [9.17, 15) is 13.6 Å². The Morgan fingerprint density at radius 1 is 1.50 bits per heavy atom. The second-order valence-electron chi connectivity index (χ2n) is 5.75. The van der Waals surface area contributed by atoms with Crippen molar-refractivity contribution in [2.45, 2.75) is 52.2 Å². The van der Waals surface area contributed by atoms with Crippen molar-refractivity contribution in [3.8, 4) is 0 Å². The van der Waals surface area contributed by atoms with E-state index in [1.807, 2.05) is 0 Å². The van der Waals surface area contributed by atoms with Crippen LogP contribution in [-0.4, -0.2) is 34.5 Å². The van der Waals surface area contributed by atoms with E-state index in [0.717, 1.165) is 9.91 Å². The number of amides is 1. The molecule has 0 aromatic carbocycles. The predicted octanol–water partition coefficient (Wildman–Crippen LogP) is 3.55. The van der Waals surface area contributed by atoms with Gasteiger partial charge in [-0.1, -0.05) is 0 Å². The minimum absolute atomic E-state index is 0.208. The molecule has 2 rings (SSSR count). The molecule has 0 bridgehead atoms. The van der Waals surface area contributed by atoms with Crippen LogP contribution in [-0.2, 0) is 11.2 Å². The van der Waals surface area contributed by atoms with E-state index in [1.165, 1.54) is 11.3 Å². The Morgan fingerprint density at radius 3 is 2.70 bits per heavy atom. The monoisotopic (exact) mass is 304 g/mol. The number of fused-ring (bicyclic) bond motifs is 1. The molecule has 1 aliphatic heterocycles. The maximum absolute atomic E-state index is 13.4. The molecule has 1 aromatic heterocycles. The van der Waals surface area contributed by atoms with Crippen molar-refractivity contribution >= 4 is 17.4 Å². The minimum Gasteiger partial charge on any atom is -0.444 e. The summed E-state index contributed by atoms with van der Waals surface area (Å²) in [7, 11) is 0. The summed E-state index contributed by atoms with van der Waals surface area (Å²) < 4.78 is 32.0. The lowest BCUT2D eigenvalue weighted by atomic mass is 10.1. The number of alkyl halides is 2. The SMILES string of the molecule is Cc1nc2c(s1)C(C(F)F)N(C(=O)OC(C)(C)C)CC2. The van der Waals surface area contributed by atoms with Gasteiger partial charge in [-0.3, -0.25) is 4.90 Å². The third-order valence-corrected chi connectivity index (χ3v) is 3.98. The van der Waals surface area contributed by atoms with Crippen LogP contribution in [0.5, 0.6) is 0 Å². The van der Waals surface area contributed by atoms with Crippen LogP contribution in [0.25, 0.3) is 0 Å². The molecular formula is C13H18F2N2O2S. The number of hydrogen-bond donors (Lipinski definition) is 0. The standard InChI is InChI=1S/C13H18F2N2O2S/c1-7-16-8-5-6-17(12(18)19-13(2,3)4)9(11(14)15)10(8)20-7/h9,11H,5-6H2,1-4H3. The number of aromatic nitrogens is 1. The smallest absolute Gasteiger partial charge is 0.411 e. The molecule has 0 saturated heterocycles. The molecule has 1 aromatic rings. The lowest BCUT2D eigenvalue weighted by Crippen LogP contribution is -2.45. The van der Waals surface area contributed by atoms with E-state index in [2.05, 4.69) is 4.98 Å². The zero-order chi connectivity index (χ0) is 15.1. The van der Waals surface area contributed by atoms with Crippen LogP contribution in [0.3, 0.4) is 0 Å². The van der Waals surface area contributed by atoms with Crippen molar-refractivity contribution in [3.63, 3.8) is 0 Å². The van der Waals surface area contributed by atoms with Crippen molar-refractivity contribution in [1.29, 1.82) is 0 Å². The van der Waals surface area contributed by atoms with Gasteiger partial charge in [-0.15, -0.1) is 11.3 Å². The first-order valence-electron chi connectivity index (χ1n) is 6.43. The quantitative estimate of drug-likeness (QED) is 0.797. The molecule has 0 fully saturated rings. The summed E-state index contributed by atoms with van der Waals surface area (Å²) in [6.07, 6.45) is -2.86. The summed E-state index contributed by atoms with van der Waals surface area (Å²) in [5, 5.41) is 0.742. The average Bonchev–Trinajstić information content (AvgIpc) is 2.64. The number of rotatable bonds is 1. The molecule has 0 radical (unpaired) electrons. The van der Waals surface area contributed by atoms with E-state index in [1.54, 1.807) is 27.7 Å². The number of carbonyl (C=O) groups excluding carboxylic acids is 1.